The van der Waals surface area contributed by atoms with Crippen LogP contribution in [-0.4, -0.2) is 13.6 Å². The Kier molecular flexibility index (Phi) is 16.4. The number of hydrogen-bond donors (Lipinski definition) is 0. The summed E-state index contributed by atoms with van der Waals surface area (Å²) >= 11 is 14.8. The summed E-state index contributed by atoms with van der Waals surface area (Å²) in [6.45, 7) is 9.41. The molecule has 0 amide bonds. The van der Waals surface area contributed by atoms with Crippen LogP contribution in [0.4, 0.5) is 0 Å². The second-order valence-electron chi connectivity index (χ2n) is 12.0. The first-order valence-corrected chi connectivity index (χ1v) is 21.6. The summed E-state index contributed by atoms with van der Waals surface area (Å²) in [5.74, 6) is 0. The summed E-state index contributed by atoms with van der Waals surface area (Å²) in [4.78, 5) is 0. The Bertz CT molecular complexity index is 496. The molecule has 0 aromatic heterocycles. The van der Waals surface area contributed by atoms with E-state index in [4.69, 9.17) is 0 Å². The largest absolute Gasteiger partial charge is 0.113 e. The first kappa shape index (κ1) is 34.6. The molecule has 6 heteroatoms. The predicted molar refractivity (Wildman–Crippen MR) is 190 cm³/mol. The average molecular weight is 637 g/mol. The molecule has 0 nitrogen and oxygen atoms in total. The van der Waals surface area contributed by atoms with Gasteiger partial charge in [-0.25, -0.2) is 0 Å². The molecule has 4 aliphatic rings. The fraction of sp³-hybridized carbons (Fsp3) is 1.00. The Hall–Kier alpha value is 2.10. The molecule has 0 aromatic rings. The van der Waals surface area contributed by atoms with Gasteiger partial charge in [0.15, 0.2) is 0 Å². The highest BCUT2D eigenvalue weighted by molar-refractivity contribution is 8.64. The van der Waals surface area contributed by atoms with Crippen LogP contribution in [0.2, 0.25) is 0 Å². The smallest absolute Gasteiger partial charge is 0.104 e. The lowest BCUT2D eigenvalue weighted by molar-refractivity contribution is 0.594. The maximum Gasteiger partial charge on any atom is 0.113 e. The van der Waals surface area contributed by atoms with Crippen LogP contribution < -0.4 is 0 Å². The molecular weight excluding hydrogens is 577 g/mol. The van der Waals surface area contributed by atoms with Crippen molar-refractivity contribution in [3.8, 4) is 0 Å². The molecule has 0 aliphatic carbocycles. The van der Waals surface area contributed by atoms with Crippen LogP contribution in [0.1, 0.15) is 182 Å². The molecule has 4 rings (SSSR count). The van der Waals surface area contributed by atoms with Crippen LogP contribution in [-0.2, 0) is 0 Å². The van der Waals surface area contributed by atoms with Gasteiger partial charge in [-0.15, -0.1) is 70.6 Å². The lowest BCUT2D eigenvalue weighted by Gasteiger charge is -2.67. The second kappa shape index (κ2) is 18.0. The van der Waals surface area contributed by atoms with Gasteiger partial charge in [-0.3, -0.25) is 0 Å². The summed E-state index contributed by atoms with van der Waals surface area (Å²) in [5.41, 5.74) is 0. The minimum Gasteiger partial charge on any atom is -0.104 e. The summed E-state index contributed by atoms with van der Waals surface area (Å²) in [5, 5.41) is 0. The van der Waals surface area contributed by atoms with Gasteiger partial charge in [-0.1, -0.05) is 156 Å². The third-order valence-corrected chi connectivity index (χ3v) is 20.4. The Balaban J connectivity index is 1.77. The topological polar surface area (TPSA) is 0 Å². The van der Waals surface area contributed by atoms with Crippen LogP contribution in [0.25, 0.3) is 0 Å². The molecule has 0 saturated carbocycles. The number of rotatable bonds is 24. The normalized spacial score (nSPS) is 31.9. The Labute approximate surface area is 264 Å². The van der Waals surface area contributed by atoms with Gasteiger partial charge in [0.25, 0.3) is 0 Å². The van der Waals surface area contributed by atoms with Crippen LogP contribution in [0.15, 0.2) is 0 Å². The van der Waals surface area contributed by atoms with Crippen molar-refractivity contribution in [3.63, 3.8) is 0 Å². The molecule has 0 spiro atoms. The van der Waals surface area contributed by atoms with Gasteiger partial charge in [0.2, 0.25) is 0 Å². The summed E-state index contributed by atoms with van der Waals surface area (Å²) in [6.07, 6.45) is 34.2. The van der Waals surface area contributed by atoms with E-state index in [9.17, 15) is 0 Å². The van der Waals surface area contributed by atoms with E-state index in [1.165, 1.54) is 154 Å². The molecule has 4 saturated heterocycles. The van der Waals surface area contributed by atoms with Crippen molar-refractivity contribution >= 4 is 70.6 Å². The quantitative estimate of drug-likeness (QED) is 0.0960. The zero-order valence-corrected chi connectivity index (χ0v) is 30.3. The molecule has 0 unspecified atom stereocenters. The number of hydrogen-bond acceptors (Lipinski definition) is 6. The third kappa shape index (κ3) is 10.7. The minimum atomic E-state index is 0.407. The maximum atomic E-state index is 2.46. The van der Waals surface area contributed by atoms with Crippen molar-refractivity contribution in [3.05, 3.63) is 0 Å². The second-order valence-corrected chi connectivity index (χ2v) is 24.7. The van der Waals surface area contributed by atoms with E-state index >= 15 is 0 Å². The zero-order chi connectivity index (χ0) is 27.2. The van der Waals surface area contributed by atoms with Gasteiger partial charge >= 0.3 is 0 Å². The monoisotopic (exact) mass is 636 g/mol. The third-order valence-electron chi connectivity index (χ3n) is 8.21. The number of thioether (sulfide) groups is 6. The van der Waals surface area contributed by atoms with E-state index in [1.54, 1.807) is 0 Å². The molecule has 4 heterocycles. The summed E-state index contributed by atoms with van der Waals surface area (Å²) in [7, 11) is 0. The molecule has 0 atom stereocenters. The summed E-state index contributed by atoms with van der Waals surface area (Å²) in [6, 6.07) is 0. The van der Waals surface area contributed by atoms with Gasteiger partial charge < -0.3 is 0 Å². The van der Waals surface area contributed by atoms with Gasteiger partial charge in [-0.05, 0) is 25.7 Å². The SMILES string of the molecule is CCCCCCCC12SC3(CCCCCCC)SC(CCCCCCC)(S1)SC(CCCCCCC)(S2)S3. The van der Waals surface area contributed by atoms with E-state index in [-0.39, 0.29) is 0 Å². The molecular formula is C32H60S6. The van der Waals surface area contributed by atoms with E-state index in [1.807, 2.05) is 0 Å². The van der Waals surface area contributed by atoms with Gasteiger partial charge in [-0.2, -0.15) is 0 Å². The molecule has 38 heavy (non-hydrogen) atoms. The first-order chi connectivity index (χ1) is 18.5. The molecule has 0 N–H and O–H groups in total. The van der Waals surface area contributed by atoms with Gasteiger partial charge in [0.05, 0.1) is 0 Å². The minimum absolute atomic E-state index is 0.407. The maximum absolute atomic E-state index is 2.46. The Morgan fingerprint density at radius 1 is 0.263 bits per heavy atom. The Morgan fingerprint density at radius 2 is 0.447 bits per heavy atom. The van der Waals surface area contributed by atoms with Crippen LogP contribution in [0.5, 0.6) is 0 Å². The van der Waals surface area contributed by atoms with Gasteiger partial charge in [0, 0.05) is 0 Å². The molecule has 224 valence electrons. The molecule has 4 bridgehead atoms. The summed E-state index contributed by atoms with van der Waals surface area (Å²) < 4.78 is 1.63. The van der Waals surface area contributed by atoms with E-state index in [0.29, 0.717) is 13.6 Å². The lowest BCUT2D eigenvalue weighted by Crippen LogP contribution is -2.53. The first-order valence-electron chi connectivity index (χ1n) is 16.7. The fourth-order valence-corrected chi connectivity index (χ4v) is 27.9. The van der Waals surface area contributed by atoms with Crippen LogP contribution in [0.3, 0.4) is 0 Å². The number of unbranched alkanes of at least 4 members (excludes halogenated alkanes) is 16. The molecule has 0 radical (unpaired) electrons. The van der Waals surface area contributed by atoms with E-state index < -0.39 is 0 Å². The van der Waals surface area contributed by atoms with Gasteiger partial charge in [0.1, 0.15) is 13.6 Å². The molecule has 4 fully saturated rings. The van der Waals surface area contributed by atoms with Crippen molar-refractivity contribution in [2.75, 3.05) is 0 Å². The Morgan fingerprint density at radius 3 is 0.632 bits per heavy atom. The van der Waals surface area contributed by atoms with E-state index in [0.717, 1.165) is 0 Å². The van der Waals surface area contributed by atoms with Crippen molar-refractivity contribution in [2.45, 2.75) is 195 Å². The molecule has 4 aliphatic heterocycles. The lowest BCUT2D eigenvalue weighted by atomic mass is 10.1. The average Bonchev–Trinajstić information content (AvgIpc) is 2.87. The van der Waals surface area contributed by atoms with Crippen LogP contribution >= 0.6 is 70.6 Å². The molecule has 0 aromatic carbocycles. The predicted octanol–water partition coefficient (Wildman–Crippen LogP) is 14.5. The standard InChI is InChI=1S/C32H60S6/c1-5-9-13-17-21-25-29-33-30(26-22-18-14-10-6-2)36-31(34-29,27-23-19-15-11-7-3)38-32(35-29,37-30)28-24-20-16-12-8-4/h5-28H2,1-4H3. The fourth-order valence-electron chi connectivity index (χ4n) is 6.06. The highest BCUT2D eigenvalue weighted by Gasteiger charge is 2.71. The van der Waals surface area contributed by atoms with Crippen molar-refractivity contribution in [2.24, 2.45) is 0 Å². The van der Waals surface area contributed by atoms with E-state index in [2.05, 4.69) is 98.3 Å². The van der Waals surface area contributed by atoms with Crippen molar-refractivity contribution < 1.29 is 0 Å². The van der Waals surface area contributed by atoms with Crippen LogP contribution in [0, 0.1) is 0 Å². The van der Waals surface area contributed by atoms with Crippen molar-refractivity contribution in [1.82, 2.24) is 0 Å². The van der Waals surface area contributed by atoms with Crippen molar-refractivity contribution in [1.29, 1.82) is 0 Å². The zero-order valence-electron chi connectivity index (χ0n) is 25.4. The highest BCUT2D eigenvalue weighted by Crippen LogP contribution is 2.91. The highest BCUT2D eigenvalue weighted by atomic mass is 32.4.